The van der Waals surface area contributed by atoms with E-state index in [0.29, 0.717) is 6.04 Å². The van der Waals surface area contributed by atoms with Gasteiger partial charge in [0.05, 0.1) is 12.0 Å². The summed E-state index contributed by atoms with van der Waals surface area (Å²) in [6.45, 7) is 9.93. The van der Waals surface area contributed by atoms with E-state index in [0.717, 1.165) is 19.6 Å². The Bertz CT molecular complexity index is 297. The number of hydrogen-bond acceptors (Lipinski definition) is 5. The molecular weight excluding hydrogens is 220 g/mol. The first-order valence-electron chi connectivity index (χ1n) is 6.00. The molecule has 0 aromatic carbocycles. The van der Waals surface area contributed by atoms with Crippen LogP contribution in [0.25, 0.3) is 0 Å². The van der Waals surface area contributed by atoms with Crippen molar-refractivity contribution in [3.63, 3.8) is 0 Å². The highest BCUT2D eigenvalue weighted by molar-refractivity contribution is 5.89. The average molecular weight is 242 g/mol. The zero-order valence-electron chi connectivity index (χ0n) is 11.1. The molecule has 0 bridgehead atoms. The second-order valence-corrected chi connectivity index (χ2v) is 5.60. The fourth-order valence-corrected chi connectivity index (χ4v) is 1.63. The molecule has 1 heterocycles. The van der Waals surface area contributed by atoms with E-state index in [9.17, 15) is 9.59 Å². The van der Waals surface area contributed by atoms with Gasteiger partial charge in [-0.3, -0.25) is 14.5 Å². The monoisotopic (exact) mass is 242 g/mol. The van der Waals surface area contributed by atoms with Gasteiger partial charge >= 0.3 is 11.9 Å². The van der Waals surface area contributed by atoms with Crippen molar-refractivity contribution in [3.05, 3.63) is 0 Å². The molecule has 0 radical (unpaired) electrons. The maximum Gasteiger partial charge on any atom is 0.327 e. The average Bonchev–Trinajstić information content (AvgIpc) is 2.15. The van der Waals surface area contributed by atoms with Crippen LogP contribution in [0, 0.1) is 5.41 Å². The van der Waals surface area contributed by atoms with Gasteiger partial charge in [0.15, 0.2) is 0 Å². The Hall–Kier alpha value is -0.940. The Morgan fingerprint density at radius 2 is 2.06 bits per heavy atom. The van der Waals surface area contributed by atoms with Gasteiger partial charge in [-0.15, -0.1) is 0 Å². The molecule has 1 saturated heterocycles. The molecule has 17 heavy (non-hydrogen) atoms. The van der Waals surface area contributed by atoms with Gasteiger partial charge in [0.1, 0.15) is 0 Å². The Morgan fingerprint density at radius 1 is 1.41 bits per heavy atom. The van der Waals surface area contributed by atoms with Crippen LogP contribution >= 0.6 is 0 Å². The molecule has 5 nitrogen and oxygen atoms in total. The Kier molecular flexibility index (Phi) is 4.65. The van der Waals surface area contributed by atoms with Crippen molar-refractivity contribution < 1.29 is 14.3 Å². The molecule has 0 amide bonds. The predicted octanol–water partition coefficient (Wildman–Crippen LogP) is 0.396. The number of carbonyl (C=O) groups is 2. The maximum absolute atomic E-state index is 11.6. The van der Waals surface area contributed by atoms with Crippen LogP contribution in [-0.2, 0) is 14.3 Å². The van der Waals surface area contributed by atoms with E-state index in [1.807, 2.05) is 4.90 Å². The number of hydrogen-bond donors (Lipinski definition) is 1. The van der Waals surface area contributed by atoms with Gasteiger partial charge in [-0.1, -0.05) is 0 Å². The SMILES string of the molecule is C[C@@H]1CN(CC(=O)OC(=O)C(C)(C)C)CCN1. The van der Waals surface area contributed by atoms with Crippen molar-refractivity contribution in [2.75, 3.05) is 26.2 Å². The first-order chi connectivity index (χ1) is 7.79. The van der Waals surface area contributed by atoms with Gasteiger partial charge in [0.25, 0.3) is 0 Å². The first-order valence-corrected chi connectivity index (χ1v) is 6.00. The van der Waals surface area contributed by atoms with Crippen molar-refractivity contribution in [1.29, 1.82) is 0 Å². The summed E-state index contributed by atoms with van der Waals surface area (Å²) < 4.78 is 4.81. The third kappa shape index (κ3) is 4.83. The summed E-state index contributed by atoms with van der Waals surface area (Å²) >= 11 is 0. The minimum Gasteiger partial charge on any atom is -0.392 e. The van der Waals surface area contributed by atoms with E-state index >= 15 is 0 Å². The van der Waals surface area contributed by atoms with Crippen molar-refractivity contribution in [3.8, 4) is 0 Å². The van der Waals surface area contributed by atoms with Crippen LogP contribution in [0.1, 0.15) is 27.7 Å². The smallest absolute Gasteiger partial charge is 0.327 e. The molecule has 1 N–H and O–H groups in total. The van der Waals surface area contributed by atoms with Crippen molar-refractivity contribution in [2.24, 2.45) is 5.41 Å². The Balaban J connectivity index is 2.37. The second-order valence-electron chi connectivity index (χ2n) is 5.60. The van der Waals surface area contributed by atoms with E-state index in [2.05, 4.69) is 12.2 Å². The largest absolute Gasteiger partial charge is 0.392 e. The lowest BCUT2D eigenvalue weighted by Crippen LogP contribution is -2.51. The number of carbonyl (C=O) groups excluding carboxylic acids is 2. The molecule has 1 atom stereocenters. The fourth-order valence-electron chi connectivity index (χ4n) is 1.63. The van der Waals surface area contributed by atoms with Crippen LogP contribution in [0.2, 0.25) is 0 Å². The van der Waals surface area contributed by atoms with E-state index in [4.69, 9.17) is 4.74 Å². The third-order valence-electron chi connectivity index (χ3n) is 2.62. The van der Waals surface area contributed by atoms with E-state index < -0.39 is 17.4 Å². The van der Waals surface area contributed by atoms with Gasteiger partial charge in [-0.2, -0.15) is 0 Å². The summed E-state index contributed by atoms with van der Waals surface area (Å²) in [6, 6.07) is 0.370. The van der Waals surface area contributed by atoms with E-state index in [-0.39, 0.29) is 6.54 Å². The van der Waals surface area contributed by atoms with Gasteiger partial charge < -0.3 is 10.1 Å². The lowest BCUT2D eigenvalue weighted by Gasteiger charge is -2.30. The normalized spacial score (nSPS) is 22.2. The standard InChI is InChI=1S/C12H22N2O3/c1-9-7-14(6-5-13-9)8-10(15)17-11(16)12(2,3)4/h9,13H,5-8H2,1-4H3/t9-/m1/s1. The number of nitrogens with zero attached hydrogens (tertiary/aromatic N) is 1. The zero-order chi connectivity index (χ0) is 13.1. The first kappa shape index (κ1) is 14.1. The molecular formula is C12H22N2O3. The molecule has 98 valence electrons. The molecule has 1 fully saturated rings. The van der Waals surface area contributed by atoms with Crippen molar-refractivity contribution in [2.45, 2.75) is 33.7 Å². The molecule has 1 aliphatic rings. The van der Waals surface area contributed by atoms with Crippen LogP contribution in [0.15, 0.2) is 0 Å². The van der Waals surface area contributed by atoms with E-state index in [1.54, 1.807) is 20.8 Å². The quantitative estimate of drug-likeness (QED) is 0.561. The summed E-state index contributed by atoms with van der Waals surface area (Å²) in [5.41, 5.74) is -0.633. The predicted molar refractivity (Wildman–Crippen MR) is 64.5 cm³/mol. The summed E-state index contributed by atoms with van der Waals surface area (Å²) in [5, 5.41) is 3.29. The molecule has 0 aromatic heterocycles. The Morgan fingerprint density at radius 3 is 2.59 bits per heavy atom. The topological polar surface area (TPSA) is 58.6 Å². The molecule has 5 heteroatoms. The van der Waals surface area contributed by atoms with Gasteiger partial charge in [-0.25, -0.2) is 0 Å². The van der Waals surface area contributed by atoms with E-state index in [1.165, 1.54) is 0 Å². The molecule has 0 aromatic rings. The van der Waals surface area contributed by atoms with Crippen LogP contribution < -0.4 is 5.32 Å². The number of rotatable bonds is 2. The number of nitrogens with one attached hydrogen (secondary N) is 1. The molecule has 0 aliphatic carbocycles. The zero-order valence-corrected chi connectivity index (χ0v) is 11.1. The van der Waals surface area contributed by atoms with Crippen molar-refractivity contribution >= 4 is 11.9 Å². The van der Waals surface area contributed by atoms with Gasteiger partial charge in [0, 0.05) is 25.7 Å². The molecule has 0 unspecified atom stereocenters. The fraction of sp³-hybridized carbons (Fsp3) is 0.833. The lowest BCUT2D eigenvalue weighted by molar-refractivity contribution is -0.166. The minimum absolute atomic E-state index is 0.188. The third-order valence-corrected chi connectivity index (χ3v) is 2.62. The highest BCUT2D eigenvalue weighted by atomic mass is 16.6. The summed E-state index contributed by atoms with van der Waals surface area (Å²) in [6.07, 6.45) is 0. The summed E-state index contributed by atoms with van der Waals surface area (Å²) in [7, 11) is 0. The Labute approximate surface area is 102 Å². The molecule has 1 aliphatic heterocycles. The van der Waals surface area contributed by atoms with Crippen LogP contribution in [0.3, 0.4) is 0 Å². The highest BCUT2D eigenvalue weighted by Gasteiger charge is 2.27. The molecule has 1 rings (SSSR count). The lowest BCUT2D eigenvalue weighted by atomic mass is 9.97. The summed E-state index contributed by atoms with van der Waals surface area (Å²) in [5.74, 6) is -0.926. The van der Waals surface area contributed by atoms with Crippen molar-refractivity contribution in [1.82, 2.24) is 10.2 Å². The maximum atomic E-state index is 11.6. The second kappa shape index (κ2) is 5.60. The van der Waals surface area contributed by atoms with Crippen LogP contribution in [0.5, 0.6) is 0 Å². The summed E-state index contributed by atoms with van der Waals surface area (Å²) in [4.78, 5) is 25.1. The van der Waals surface area contributed by atoms with Crippen LogP contribution in [-0.4, -0.2) is 49.1 Å². The number of piperazine rings is 1. The molecule has 0 spiro atoms. The van der Waals surface area contributed by atoms with Crippen LogP contribution in [0.4, 0.5) is 0 Å². The molecule has 0 saturated carbocycles. The highest BCUT2D eigenvalue weighted by Crippen LogP contribution is 2.15. The minimum atomic E-state index is -0.633. The number of ether oxygens (including phenoxy) is 1. The van der Waals surface area contributed by atoms with Gasteiger partial charge in [0.2, 0.25) is 0 Å². The van der Waals surface area contributed by atoms with Gasteiger partial charge in [-0.05, 0) is 27.7 Å². The number of esters is 2.